The number of alkyl carbamates (subject to hydrolysis) is 1. The molecule has 0 aromatic heterocycles. The highest BCUT2D eigenvalue weighted by molar-refractivity contribution is 7.80. The lowest BCUT2D eigenvalue weighted by Crippen LogP contribution is -2.36. The number of halogens is 2. The van der Waals surface area contributed by atoms with Gasteiger partial charge in [-0.15, -0.1) is 0 Å². The van der Waals surface area contributed by atoms with E-state index >= 15 is 0 Å². The smallest absolute Gasteiger partial charge is 0.407 e. The number of carbonyl (C=O) groups excluding carboxylic acids is 1. The van der Waals surface area contributed by atoms with Gasteiger partial charge in [0, 0.05) is 0 Å². The zero-order valence-corrected chi connectivity index (χ0v) is 7.37. The highest BCUT2D eigenvalue weighted by Crippen LogP contribution is 1.99. The molecule has 1 atom stereocenters. The SMILES string of the molecule is O=C1NC[C@H](CNC(=S)C(F)F)O1. The molecule has 13 heavy (non-hydrogen) atoms. The van der Waals surface area contributed by atoms with Crippen LogP contribution < -0.4 is 10.6 Å². The topological polar surface area (TPSA) is 50.4 Å². The van der Waals surface area contributed by atoms with Crippen LogP contribution in [0, 0.1) is 0 Å². The molecule has 0 aromatic carbocycles. The van der Waals surface area contributed by atoms with Gasteiger partial charge in [0.1, 0.15) is 11.1 Å². The number of amides is 1. The van der Waals surface area contributed by atoms with Crippen molar-refractivity contribution in [2.45, 2.75) is 12.5 Å². The summed E-state index contributed by atoms with van der Waals surface area (Å²) in [6.07, 6.45) is -3.63. The maximum atomic E-state index is 11.9. The molecule has 7 heteroatoms. The van der Waals surface area contributed by atoms with Crippen molar-refractivity contribution >= 4 is 23.3 Å². The van der Waals surface area contributed by atoms with Crippen molar-refractivity contribution in [1.29, 1.82) is 0 Å². The summed E-state index contributed by atoms with van der Waals surface area (Å²) in [5.41, 5.74) is 0. The van der Waals surface area contributed by atoms with Crippen molar-refractivity contribution < 1.29 is 18.3 Å². The first-order chi connectivity index (χ1) is 6.09. The van der Waals surface area contributed by atoms with Gasteiger partial charge in [-0.25, -0.2) is 13.6 Å². The molecule has 4 nitrogen and oxygen atoms in total. The predicted octanol–water partition coefficient (Wildman–Crippen LogP) is 0.277. The molecule has 0 radical (unpaired) electrons. The normalized spacial score (nSPS) is 21.2. The van der Waals surface area contributed by atoms with E-state index in [1.807, 2.05) is 0 Å². The van der Waals surface area contributed by atoms with Gasteiger partial charge >= 0.3 is 6.09 Å². The van der Waals surface area contributed by atoms with Gasteiger partial charge in [0.2, 0.25) is 0 Å². The Bertz CT molecular complexity index is 225. The summed E-state index contributed by atoms with van der Waals surface area (Å²) in [5.74, 6) is 0. The monoisotopic (exact) mass is 210 g/mol. The van der Waals surface area contributed by atoms with E-state index in [9.17, 15) is 13.6 Å². The first-order valence-electron chi connectivity index (χ1n) is 3.60. The fourth-order valence-electron chi connectivity index (χ4n) is 0.837. The quantitative estimate of drug-likeness (QED) is 0.657. The van der Waals surface area contributed by atoms with E-state index in [-0.39, 0.29) is 6.54 Å². The zero-order chi connectivity index (χ0) is 9.84. The van der Waals surface area contributed by atoms with Crippen LogP contribution in [0.5, 0.6) is 0 Å². The Balaban J connectivity index is 2.19. The van der Waals surface area contributed by atoms with Gasteiger partial charge in [-0.05, 0) is 0 Å². The van der Waals surface area contributed by atoms with E-state index in [1.165, 1.54) is 0 Å². The molecule has 1 amide bonds. The molecule has 1 aliphatic rings. The van der Waals surface area contributed by atoms with Crippen LogP contribution in [-0.4, -0.2) is 36.7 Å². The average Bonchev–Trinajstić information content (AvgIpc) is 2.47. The molecule has 1 saturated heterocycles. The standard InChI is InChI=1S/C6H8F2N2O2S/c7-4(8)5(13)9-1-3-2-10-6(11)12-3/h3-4H,1-2H2,(H,9,13)(H,10,11)/t3-/m0/s1. The van der Waals surface area contributed by atoms with E-state index in [4.69, 9.17) is 0 Å². The lowest BCUT2D eigenvalue weighted by Gasteiger charge is -2.10. The van der Waals surface area contributed by atoms with Crippen molar-refractivity contribution in [1.82, 2.24) is 10.6 Å². The molecule has 0 saturated carbocycles. The Labute approximate surface area is 78.6 Å². The van der Waals surface area contributed by atoms with Crippen molar-refractivity contribution in [3.8, 4) is 0 Å². The van der Waals surface area contributed by atoms with Crippen molar-refractivity contribution in [2.24, 2.45) is 0 Å². The fraction of sp³-hybridized carbons (Fsp3) is 0.667. The number of nitrogens with one attached hydrogen (secondary N) is 2. The summed E-state index contributed by atoms with van der Waals surface area (Å²) in [5, 5.41) is 4.70. The summed E-state index contributed by atoms with van der Waals surface area (Å²) in [6.45, 7) is 0.430. The third-order valence-electron chi connectivity index (χ3n) is 1.45. The number of hydrogen-bond acceptors (Lipinski definition) is 3. The number of ether oxygens (including phenoxy) is 1. The summed E-state index contributed by atoms with van der Waals surface area (Å²) < 4.78 is 28.4. The van der Waals surface area contributed by atoms with E-state index < -0.39 is 23.6 Å². The third-order valence-corrected chi connectivity index (χ3v) is 1.77. The van der Waals surface area contributed by atoms with Crippen molar-refractivity contribution in [2.75, 3.05) is 13.1 Å². The van der Waals surface area contributed by atoms with Gasteiger partial charge in [-0.2, -0.15) is 0 Å². The molecule has 0 bridgehead atoms. The Morgan fingerprint density at radius 1 is 1.85 bits per heavy atom. The molecule has 0 aromatic rings. The first kappa shape index (κ1) is 10.1. The molecule has 0 spiro atoms. The Kier molecular flexibility index (Phi) is 3.35. The van der Waals surface area contributed by atoms with Gasteiger partial charge in [0.05, 0.1) is 13.1 Å². The van der Waals surface area contributed by atoms with Gasteiger partial charge in [0.15, 0.2) is 0 Å². The Hall–Kier alpha value is -0.980. The summed E-state index contributed by atoms with van der Waals surface area (Å²) in [6, 6.07) is 0. The Morgan fingerprint density at radius 2 is 2.54 bits per heavy atom. The number of cyclic esters (lactones) is 1. The highest BCUT2D eigenvalue weighted by Gasteiger charge is 2.23. The molecular formula is C6H8F2N2O2S. The molecule has 1 rings (SSSR count). The lowest BCUT2D eigenvalue weighted by atomic mass is 10.3. The van der Waals surface area contributed by atoms with Gasteiger partial charge in [0.25, 0.3) is 6.43 Å². The van der Waals surface area contributed by atoms with Gasteiger partial charge in [-0.1, -0.05) is 12.2 Å². The summed E-state index contributed by atoms with van der Waals surface area (Å²) >= 11 is 4.32. The second-order valence-electron chi connectivity index (χ2n) is 2.45. The average molecular weight is 210 g/mol. The number of rotatable bonds is 3. The van der Waals surface area contributed by atoms with Crippen LogP contribution in [0.15, 0.2) is 0 Å². The fourth-order valence-corrected chi connectivity index (χ4v) is 0.921. The minimum Gasteiger partial charge on any atom is -0.442 e. The molecule has 2 N–H and O–H groups in total. The number of thiocarbonyl (C=S) groups is 1. The lowest BCUT2D eigenvalue weighted by molar-refractivity contribution is 0.141. The van der Waals surface area contributed by atoms with Crippen LogP contribution in [0.3, 0.4) is 0 Å². The minimum atomic E-state index is -2.67. The summed E-state index contributed by atoms with van der Waals surface area (Å²) in [4.78, 5) is 9.96. The second kappa shape index (κ2) is 4.31. The van der Waals surface area contributed by atoms with Crippen LogP contribution in [0.1, 0.15) is 0 Å². The van der Waals surface area contributed by atoms with Crippen LogP contribution in [-0.2, 0) is 4.74 Å². The van der Waals surface area contributed by atoms with Crippen LogP contribution in [0.25, 0.3) is 0 Å². The van der Waals surface area contributed by atoms with Gasteiger partial charge < -0.3 is 15.4 Å². The predicted molar refractivity (Wildman–Crippen MR) is 44.9 cm³/mol. The maximum absolute atomic E-state index is 11.9. The third kappa shape index (κ3) is 3.10. The van der Waals surface area contributed by atoms with Crippen LogP contribution in [0.4, 0.5) is 13.6 Å². The molecule has 0 unspecified atom stereocenters. The van der Waals surface area contributed by atoms with E-state index in [2.05, 4.69) is 27.6 Å². The van der Waals surface area contributed by atoms with Crippen molar-refractivity contribution in [3.05, 3.63) is 0 Å². The molecule has 1 heterocycles. The van der Waals surface area contributed by atoms with Crippen molar-refractivity contribution in [3.63, 3.8) is 0 Å². The number of alkyl halides is 2. The van der Waals surface area contributed by atoms with E-state index in [0.29, 0.717) is 6.54 Å². The summed E-state index contributed by atoms with van der Waals surface area (Å²) in [7, 11) is 0. The van der Waals surface area contributed by atoms with Crippen LogP contribution >= 0.6 is 12.2 Å². The van der Waals surface area contributed by atoms with E-state index in [1.54, 1.807) is 0 Å². The number of carbonyl (C=O) groups is 1. The molecular weight excluding hydrogens is 202 g/mol. The molecule has 74 valence electrons. The number of hydrogen-bond donors (Lipinski definition) is 2. The molecule has 1 fully saturated rings. The Morgan fingerprint density at radius 3 is 3.00 bits per heavy atom. The zero-order valence-electron chi connectivity index (χ0n) is 6.55. The highest BCUT2D eigenvalue weighted by atomic mass is 32.1. The second-order valence-corrected chi connectivity index (χ2v) is 2.89. The van der Waals surface area contributed by atoms with Crippen LogP contribution in [0.2, 0.25) is 0 Å². The first-order valence-corrected chi connectivity index (χ1v) is 4.01. The van der Waals surface area contributed by atoms with E-state index in [0.717, 1.165) is 0 Å². The minimum absolute atomic E-state index is 0.113. The molecule has 0 aliphatic carbocycles. The molecule has 1 aliphatic heterocycles. The maximum Gasteiger partial charge on any atom is 0.407 e. The van der Waals surface area contributed by atoms with Gasteiger partial charge in [-0.3, -0.25) is 0 Å². The largest absolute Gasteiger partial charge is 0.442 e.